The number of fused-ring (bicyclic) bond motifs is 1. The number of hydrogen-bond acceptors (Lipinski definition) is 3. The number of nitrogens with one attached hydrogen (secondary N) is 1. The zero-order chi connectivity index (χ0) is 18.1. The average molecular weight is 356 g/mol. The predicted molar refractivity (Wildman–Crippen MR) is 95.2 cm³/mol. The van der Waals surface area contributed by atoms with Gasteiger partial charge in [0.05, 0.1) is 11.0 Å². The normalized spacial score (nSPS) is 15.3. The molecular weight excluding hydrogens is 338 g/mol. The first-order chi connectivity index (χ1) is 12.6. The first-order valence-electron chi connectivity index (χ1n) is 8.56. The minimum Gasteiger partial charge on any atom is -0.341 e. The molecule has 1 fully saturated rings. The molecule has 1 aliphatic rings. The number of halogens is 2. The van der Waals surface area contributed by atoms with Crippen LogP contribution in [-0.2, 0) is 0 Å². The van der Waals surface area contributed by atoms with Crippen molar-refractivity contribution in [2.75, 3.05) is 31.1 Å². The summed E-state index contributed by atoms with van der Waals surface area (Å²) in [4.78, 5) is 24.0. The van der Waals surface area contributed by atoms with E-state index in [-0.39, 0.29) is 0 Å². The molecule has 0 bridgehead atoms. The Morgan fingerprint density at radius 1 is 0.962 bits per heavy atom. The topological polar surface area (TPSA) is 52.2 Å². The molecule has 0 spiro atoms. The first-order valence-corrected chi connectivity index (χ1v) is 8.56. The second-order valence-electron chi connectivity index (χ2n) is 6.31. The Hall–Kier alpha value is -2.96. The number of nitrogens with zero attached hydrogens (tertiary/aromatic N) is 3. The number of carbonyl (C=O) groups excluding carboxylic acids is 1. The minimum absolute atomic E-state index is 0.379. The highest BCUT2D eigenvalue weighted by Crippen LogP contribution is 2.20. The Morgan fingerprint density at radius 2 is 1.73 bits per heavy atom. The predicted octanol–water partition coefficient (Wildman–Crippen LogP) is 3.19. The molecule has 2 heterocycles. The molecule has 1 aliphatic heterocycles. The van der Waals surface area contributed by atoms with Crippen LogP contribution in [0.2, 0.25) is 0 Å². The van der Waals surface area contributed by atoms with Gasteiger partial charge < -0.3 is 14.8 Å². The van der Waals surface area contributed by atoms with Crippen molar-refractivity contribution in [1.29, 1.82) is 0 Å². The first kappa shape index (κ1) is 16.5. The molecule has 1 N–H and O–H groups in total. The maximum Gasteiger partial charge on any atom is 0.259 e. The van der Waals surface area contributed by atoms with Crippen molar-refractivity contribution in [3.05, 3.63) is 59.7 Å². The Morgan fingerprint density at radius 3 is 2.50 bits per heavy atom. The quantitative estimate of drug-likeness (QED) is 0.767. The van der Waals surface area contributed by atoms with Gasteiger partial charge in [-0.25, -0.2) is 13.8 Å². The van der Waals surface area contributed by atoms with Crippen LogP contribution >= 0.6 is 0 Å². The lowest BCUT2D eigenvalue weighted by Crippen LogP contribution is -2.36. The Balaban J connectivity index is 1.52. The summed E-state index contributed by atoms with van der Waals surface area (Å²) in [6.07, 6.45) is 0.693. The van der Waals surface area contributed by atoms with Gasteiger partial charge in [0, 0.05) is 26.2 Å². The average Bonchev–Trinajstić information content (AvgIpc) is 2.90. The maximum absolute atomic E-state index is 13.9. The molecular formula is C19H18F2N4O. The van der Waals surface area contributed by atoms with Gasteiger partial charge in [0.15, 0.2) is 0 Å². The monoisotopic (exact) mass is 356 g/mol. The number of aromatic nitrogens is 2. The molecule has 134 valence electrons. The van der Waals surface area contributed by atoms with E-state index in [9.17, 15) is 13.6 Å². The Labute approximate surface area is 149 Å². The van der Waals surface area contributed by atoms with Crippen LogP contribution < -0.4 is 4.90 Å². The van der Waals surface area contributed by atoms with Crippen molar-refractivity contribution in [2.45, 2.75) is 6.42 Å². The molecule has 26 heavy (non-hydrogen) atoms. The summed E-state index contributed by atoms with van der Waals surface area (Å²) in [5, 5.41) is 0. The molecule has 4 rings (SSSR count). The van der Waals surface area contributed by atoms with Crippen LogP contribution in [0.15, 0.2) is 42.5 Å². The molecule has 5 nitrogen and oxygen atoms in total. The fraction of sp³-hybridized carbons (Fsp3) is 0.263. The standard InChI is InChI=1S/C19H18F2N4O/c20-13-5-3-6-14(21)17(13)18(26)24-9-4-10-25(12-11-24)19-22-15-7-1-2-8-16(15)23-19/h1-3,5-8H,4,9-12H2,(H,22,23). The molecule has 1 saturated heterocycles. The number of rotatable bonds is 2. The second kappa shape index (κ2) is 6.74. The number of anilines is 1. The van der Waals surface area contributed by atoms with Gasteiger partial charge in [0.2, 0.25) is 5.95 Å². The van der Waals surface area contributed by atoms with Gasteiger partial charge in [-0.05, 0) is 30.7 Å². The van der Waals surface area contributed by atoms with Gasteiger partial charge >= 0.3 is 0 Å². The molecule has 0 atom stereocenters. The van der Waals surface area contributed by atoms with Crippen LogP contribution in [0.5, 0.6) is 0 Å². The van der Waals surface area contributed by atoms with E-state index < -0.39 is 23.1 Å². The lowest BCUT2D eigenvalue weighted by Gasteiger charge is -2.22. The highest BCUT2D eigenvalue weighted by Gasteiger charge is 2.25. The number of imidazole rings is 1. The number of para-hydroxylation sites is 2. The van der Waals surface area contributed by atoms with Crippen LogP contribution in [0.3, 0.4) is 0 Å². The van der Waals surface area contributed by atoms with Gasteiger partial charge in [-0.1, -0.05) is 18.2 Å². The van der Waals surface area contributed by atoms with E-state index in [4.69, 9.17) is 0 Å². The van der Waals surface area contributed by atoms with Crippen molar-refractivity contribution in [1.82, 2.24) is 14.9 Å². The number of carbonyl (C=O) groups is 1. The van der Waals surface area contributed by atoms with Crippen molar-refractivity contribution >= 4 is 22.9 Å². The summed E-state index contributed by atoms with van der Waals surface area (Å²) < 4.78 is 27.8. The van der Waals surface area contributed by atoms with E-state index >= 15 is 0 Å². The molecule has 1 amide bonds. The smallest absolute Gasteiger partial charge is 0.259 e. The largest absolute Gasteiger partial charge is 0.341 e. The lowest BCUT2D eigenvalue weighted by atomic mass is 10.1. The molecule has 0 radical (unpaired) electrons. The van der Waals surface area contributed by atoms with Crippen LogP contribution in [0.4, 0.5) is 14.7 Å². The summed E-state index contributed by atoms with van der Waals surface area (Å²) in [6, 6.07) is 11.2. The molecule has 0 unspecified atom stereocenters. The summed E-state index contributed by atoms with van der Waals surface area (Å²) in [5.74, 6) is -1.51. The fourth-order valence-corrected chi connectivity index (χ4v) is 3.28. The van der Waals surface area contributed by atoms with Crippen molar-refractivity contribution in [3.63, 3.8) is 0 Å². The van der Waals surface area contributed by atoms with Crippen LogP contribution in [-0.4, -0.2) is 47.0 Å². The zero-order valence-corrected chi connectivity index (χ0v) is 14.1. The number of hydrogen-bond donors (Lipinski definition) is 1. The number of amides is 1. The number of benzene rings is 2. The van der Waals surface area contributed by atoms with Gasteiger partial charge in [0.1, 0.15) is 17.2 Å². The van der Waals surface area contributed by atoms with E-state index in [1.165, 1.54) is 11.0 Å². The fourth-order valence-electron chi connectivity index (χ4n) is 3.28. The molecule has 2 aromatic carbocycles. The van der Waals surface area contributed by atoms with E-state index in [2.05, 4.69) is 14.9 Å². The second-order valence-corrected chi connectivity index (χ2v) is 6.31. The van der Waals surface area contributed by atoms with Gasteiger partial charge in [-0.3, -0.25) is 4.79 Å². The molecule has 7 heteroatoms. The van der Waals surface area contributed by atoms with Crippen molar-refractivity contribution < 1.29 is 13.6 Å². The third kappa shape index (κ3) is 3.00. The molecule has 0 aliphatic carbocycles. The molecule has 1 aromatic heterocycles. The van der Waals surface area contributed by atoms with Gasteiger partial charge in [-0.2, -0.15) is 0 Å². The van der Waals surface area contributed by atoms with Crippen LogP contribution in [0.1, 0.15) is 16.8 Å². The van der Waals surface area contributed by atoms with Gasteiger partial charge in [-0.15, -0.1) is 0 Å². The highest BCUT2D eigenvalue weighted by atomic mass is 19.1. The minimum atomic E-state index is -0.826. The van der Waals surface area contributed by atoms with Crippen molar-refractivity contribution in [2.24, 2.45) is 0 Å². The van der Waals surface area contributed by atoms with Crippen LogP contribution in [0, 0.1) is 11.6 Å². The SMILES string of the molecule is O=C(c1c(F)cccc1F)N1CCCN(c2nc3ccccc3[nH]2)CC1. The maximum atomic E-state index is 13.9. The number of aromatic amines is 1. The Kier molecular flexibility index (Phi) is 4.28. The summed E-state index contributed by atoms with van der Waals surface area (Å²) in [6.45, 7) is 2.08. The van der Waals surface area contributed by atoms with E-state index in [1.807, 2.05) is 24.3 Å². The molecule has 0 saturated carbocycles. The van der Waals surface area contributed by atoms with E-state index in [0.29, 0.717) is 32.6 Å². The summed E-state index contributed by atoms with van der Waals surface area (Å²) >= 11 is 0. The van der Waals surface area contributed by atoms with Crippen LogP contribution in [0.25, 0.3) is 11.0 Å². The van der Waals surface area contributed by atoms with Gasteiger partial charge in [0.25, 0.3) is 5.91 Å². The summed E-state index contributed by atoms with van der Waals surface area (Å²) in [7, 11) is 0. The lowest BCUT2D eigenvalue weighted by molar-refractivity contribution is 0.0757. The van der Waals surface area contributed by atoms with E-state index in [0.717, 1.165) is 29.1 Å². The highest BCUT2D eigenvalue weighted by molar-refractivity contribution is 5.94. The summed E-state index contributed by atoms with van der Waals surface area (Å²) in [5.41, 5.74) is 1.35. The van der Waals surface area contributed by atoms with E-state index in [1.54, 1.807) is 0 Å². The zero-order valence-electron chi connectivity index (χ0n) is 14.1. The third-order valence-electron chi connectivity index (χ3n) is 4.64. The molecule has 3 aromatic rings. The van der Waals surface area contributed by atoms with Crippen molar-refractivity contribution in [3.8, 4) is 0 Å². The number of H-pyrrole nitrogens is 1. The third-order valence-corrected chi connectivity index (χ3v) is 4.64. The Bertz CT molecular complexity index is 902.